The van der Waals surface area contributed by atoms with Crippen molar-refractivity contribution in [2.45, 2.75) is 169 Å². The number of hydrogen-bond acceptors (Lipinski definition) is 0. The fourth-order valence-electron chi connectivity index (χ4n) is 9.31. The van der Waals surface area contributed by atoms with Gasteiger partial charge in [0, 0.05) is 0 Å². The molecule has 278 valence electrons. The van der Waals surface area contributed by atoms with Crippen molar-refractivity contribution >= 4 is 31.9 Å². The van der Waals surface area contributed by atoms with Crippen molar-refractivity contribution in [3.05, 3.63) is 85.7 Å². The van der Waals surface area contributed by atoms with Crippen molar-refractivity contribution in [1.82, 2.24) is 9.13 Å². The van der Waals surface area contributed by atoms with Crippen molar-refractivity contribution in [3.8, 4) is 11.4 Å². The van der Waals surface area contributed by atoms with Crippen molar-refractivity contribution in [3.63, 3.8) is 0 Å². The van der Waals surface area contributed by atoms with Crippen LogP contribution >= 0.6 is 27.3 Å². The van der Waals surface area contributed by atoms with Gasteiger partial charge in [0.1, 0.15) is 0 Å². The van der Waals surface area contributed by atoms with Gasteiger partial charge in [-0.25, -0.2) is 0 Å². The molecule has 6 rings (SSSR count). The molecule has 0 amide bonds. The predicted molar refractivity (Wildman–Crippen MR) is 222 cm³/mol. The van der Waals surface area contributed by atoms with E-state index < -0.39 is 11.9 Å². The van der Waals surface area contributed by atoms with Crippen LogP contribution in [0, 0.1) is 45.6 Å². The summed E-state index contributed by atoms with van der Waals surface area (Å²) in [7, 11) is 14.8. The molecule has 3 aromatic rings. The van der Waals surface area contributed by atoms with Gasteiger partial charge in [0.05, 0.1) is 0 Å². The fraction of sp³-hybridized carbons (Fsp3) is 0.591. The van der Waals surface area contributed by atoms with Gasteiger partial charge in [-0.15, -0.1) is 0 Å². The van der Waals surface area contributed by atoms with Gasteiger partial charge in [-0.05, 0) is 55.5 Å². The molecule has 50 heavy (non-hydrogen) atoms. The Morgan fingerprint density at radius 1 is 0.580 bits per heavy atom. The molecule has 2 aromatic carbocycles. The Morgan fingerprint density at radius 2 is 0.900 bits per heavy atom. The van der Waals surface area contributed by atoms with Crippen LogP contribution in [0.4, 0.5) is 0 Å². The molecule has 0 aliphatic heterocycles. The van der Waals surface area contributed by atoms with Crippen LogP contribution in [0.5, 0.6) is 0 Å². The number of aromatic nitrogens is 2. The Balaban J connectivity index is 0.000000217. The first-order valence-corrected chi connectivity index (χ1v) is 27.4. The monoisotopic (exact) mass is 824 g/mol. The number of halogens is 2. The molecular weight excluding hydrogens is 759 g/mol. The summed E-state index contributed by atoms with van der Waals surface area (Å²) in [5.41, 5.74) is 14.4. The first-order chi connectivity index (χ1) is 23.9. The zero-order valence-electron chi connectivity index (χ0n) is 32.4. The van der Waals surface area contributed by atoms with Gasteiger partial charge < -0.3 is 0 Å². The standard InChI is InChI=1S/C21H24N2.C18H33P.C5H8.2ClH.Ru/c1-14-9-16(3)20(17(4)10-14)22-7-8-23(13-22)21-18(5)11-15(2)12-19(21)6;1-4-10-16(11-5-1)19(17-12-6-2-7-13-17)18-14-8-3-9-15-18;1-4-5(2)3;;;/h7-12H,1-6H3;16-18H,1-15H2;1,4H,2-3H3;2*1H;/q;;;;;+2/p-2. The van der Waals surface area contributed by atoms with Crippen molar-refractivity contribution in [2.75, 3.05) is 0 Å². The minimum atomic E-state index is -3.39. The first-order valence-electron chi connectivity index (χ1n) is 19.5. The molecule has 0 atom stereocenters. The third kappa shape index (κ3) is 9.90. The van der Waals surface area contributed by atoms with Gasteiger partial charge in [-0.2, -0.15) is 0 Å². The summed E-state index contributed by atoms with van der Waals surface area (Å²) in [5.74, 6) is 0. The van der Waals surface area contributed by atoms with E-state index in [4.69, 9.17) is 19.4 Å². The van der Waals surface area contributed by atoms with E-state index in [1.165, 1.54) is 75.2 Å². The summed E-state index contributed by atoms with van der Waals surface area (Å²) < 4.78 is 7.42. The van der Waals surface area contributed by atoms with E-state index in [0.717, 1.165) is 15.4 Å². The Labute approximate surface area is 316 Å². The Kier molecular flexibility index (Phi) is 14.7. The van der Waals surface area contributed by atoms with E-state index in [1.54, 1.807) is 77.0 Å². The summed E-state index contributed by atoms with van der Waals surface area (Å²) in [4.78, 5) is 0. The van der Waals surface area contributed by atoms with E-state index in [0.29, 0.717) is 7.92 Å². The third-order valence-electron chi connectivity index (χ3n) is 11.2. The molecule has 0 spiro atoms. The van der Waals surface area contributed by atoms with E-state index >= 15 is 0 Å². The number of rotatable bonds is 6. The van der Waals surface area contributed by atoms with Crippen LogP contribution in [-0.4, -0.2) is 30.7 Å². The SMILES string of the molecule is C1CCC(P(C2CCCCC2)C2CCCCC2)CC1.CC(C)=C[CH]=[Ru]([Cl])([Cl])=[c]1n(-c2c(C)cc(C)cc2C)ccn1-c1c(C)cc(C)cc1C. The van der Waals surface area contributed by atoms with Gasteiger partial charge in [0.25, 0.3) is 0 Å². The zero-order chi connectivity index (χ0) is 36.0. The molecule has 3 fully saturated rings. The Hall–Kier alpha value is -1.11. The second-order valence-corrected chi connectivity index (χ2v) is 28.3. The summed E-state index contributed by atoms with van der Waals surface area (Å²) >= 11 is -3.39. The Morgan fingerprint density at radius 3 is 1.20 bits per heavy atom. The summed E-state index contributed by atoms with van der Waals surface area (Å²) in [5, 5.41) is 0. The number of allylic oxidation sites excluding steroid dienone is 2. The first kappa shape index (κ1) is 40.1. The summed E-state index contributed by atoms with van der Waals surface area (Å²) in [6.07, 6.45) is 29.9. The minimum absolute atomic E-state index is 0.385. The van der Waals surface area contributed by atoms with Crippen LogP contribution in [0.15, 0.2) is 48.3 Å². The molecule has 6 heteroatoms. The number of nitrogens with zero attached hydrogens (tertiary/aromatic N) is 2. The molecule has 0 N–H and O–H groups in total. The van der Waals surface area contributed by atoms with Crippen LogP contribution in [0.3, 0.4) is 0 Å². The second-order valence-electron chi connectivity index (χ2n) is 15.9. The Bertz CT molecular complexity index is 1620. The molecule has 0 saturated heterocycles. The molecule has 1 aromatic heterocycles. The predicted octanol–water partition coefficient (Wildman–Crippen LogP) is 14.3. The van der Waals surface area contributed by atoms with E-state index in [9.17, 15) is 0 Å². The number of aryl methyl sites for hydroxylation is 6. The number of imidazole rings is 1. The normalized spacial score (nSPS) is 18.5. The maximum atomic E-state index is 7.22. The molecule has 0 radical (unpaired) electrons. The molecular formula is C44H65Cl2N2PRu. The number of hydrogen-bond donors (Lipinski definition) is 0. The maximum absolute atomic E-state index is 7.22. The van der Waals surface area contributed by atoms with Crippen LogP contribution in [0.25, 0.3) is 11.4 Å². The van der Waals surface area contributed by atoms with Gasteiger partial charge in [-0.1, -0.05) is 65.7 Å². The average Bonchev–Trinajstić information content (AvgIpc) is 3.50. The average molecular weight is 825 g/mol. The molecule has 3 aliphatic carbocycles. The third-order valence-corrected chi connectivity index (χ3v) is 20.7. The van der Waals surface area contributed by atoms with Crippen molar-refractivity contribution in [1.29, 1.82) is 0 Å². The summed E-state index contributed by atoms with van der Waals surface area (Å²) in [6.45, 7) is 17.0. The van der Waals surface area contributed by atoms with Crippen LogP contribution in [-0.2, 0) is 11.9 Å². The van der Waals surface area contributed by atoms with E-state index in [1.807, 2.05) is 4.61 Å². The quantitative estimate of drug-likeness (QED) is 0.173. The van der Waals surface area contributed by atoms with Gasteiger partial charge in [0.15, 0.2) is 0 Å². The second kappa shape index (κ2) is 18.3. The van der Waals surface area contributed by atoms with Gasteiger partial charge in [0.2, 0.25) is 0 Å². The molecule has 2 nitrogen and oxygen atoms in total. The fourth-order valence-corrected chi connectivity index (χ4v) is 19.0. The number of benzene rings is 2. The van der Waals surface area contributed by atoms with Crippen molar-refractivity contribution < 1.29 is 11.9 Å². The topological polar surface area (TPSA) is 9.86 Å². The van der Waals surface area contributed by atoms with Gasteiger partial charge >= 0.3 is 197 Å². The molecule has 3 saturated carbocycles. The summed E-state index contributed by atoms with van der Waals surface area (Å²) in [6, 6.07) is 8.86. The molecule has 3 aliphatic rings. The molecule has 0 bridgehead atoms. The van der Waals surface area contributed by atoms with Gasteiger partial charge in [-0.3, -0.25) is 0 Å². The van der Waals surface area contributed by atoms with E-state index in [-0.39, 0.29) is 0 Å². The van der Waals surface area contributed by atoms with Crippen LogP contribution in [0.1, 0.15) is 144 Å². The van der Waals surface area contributed by atoms with Crippen LogP contribution < -0.4 is 0 Å². The molecule has 1 heterocycles. The van der Waals surface area contributed by atoms with E-state index in [2.05, 4.69) is 107 Å². The zero-order valence-corrected chi connectivity index (χ0v) is 36.6. The van der Waals surface area contributed by atoms with Crippen LogP contribution in [0.2, 0.25) is 0 Å². The molecule has 0 unspecified atom stereocenters. The van der Waals surface area contributed by atoms with Crippen molar-refractivity contribution in [2.24, 2.45) is 0 Å².